The molecule has 1 unspecified atom stereocenters. The second kappa shape index (κ2) is 6.33. The lowest BCUT2D eigenvalue weighted by Crippen LogP contribution is -2.36. The van der Waals surface area contributed by atoms with Crippen LogP contribution in [-0.2, 0) is 4.79 Å². The smallest absolute Gasteiger partial charge is 0.224 e. The fraction of sp³-hybridized carbons (Fsp3) is 0.583. The molecule has 0 fully saturated rings. The van der Waals surface area contributed by atoms with E-state index in [9.17, 15) is 4.79 Å². The zero-order valence-electron chi connectivity index (χ0n) is 9.90. The van der Waals surface area contributed by atoms with Crippen molar-refractivity contribution in [3.8, 4) is 0 Å². The highest BCUT2D eigenvalue weighted by molar-refractivity contribution is 5.79. The molecule has 0 radical (unpaired) electrons. The Morgan fingerprint density at radius 3 is 2.88 bits per heavy atom. The zero-order valence-corrected chi connectivity index (χ0v) is 9.90. The van der Waals surface area contributed by atoms with Gasteiger partial charge in [0.25, 0.3) is 0 Å². The van der Waals surface area contributed by atoms with Crippen molar-refractivity contribution in [2.75, 3.05) is 6.54 Å². The van der Waals surface area contributed by atoms with Gasteiger partial charge in [0, 0.05) is 6.54 Å². The van der Waals surface area contributed by atoms with E-state index in [0.717, 1.165) is 18.6 Å². The van der Waals surface area contributed by atoms with Crippen molar-refractivity contribution in [2.45, 2.75) is 32.7 Å². The fourth-order valence-corrected chi connectivity index (χ4v) is 1.64. The number of nitrogens with one attached hydrogen (secondary N) is 1. The molecule has 0 saturated carbocycles. The van der Waals surface area contributed by atoms with Gasteiger partial charge in [-0.3, -0.25) is 4.79 Å². The summed E-state index contributed by atoms with van der Waals surface area (Å²) in [4.78, 5) is 11.8. The number of rotatable bonds is 6. The Hall–Kier alpha value is -1.29. The van der Waals surface area contributed by atoms with Gasteiger partial charge in [-0.05, 0) is 25.5 Å². The first-order valence-electron chi connectivity index (χ1n) is 5.72. The molecule has 0 saturated heterocycles. The molecule has 2 atom stereocenters. The lowest BCUT2D eigenvalue weighted by Gasteiger charge is -2.17. The fourth-order valence-electron chi connectivity index (χ4n) is 1.64. The average molecular weight is 224 g/mol. The molecule has 0 aliphatic carbocycles. The van der Waals surface area contributed by atoms with E-state index in [1.165, 1.54) is 0 Å². The van der Waals surface area contributed by atoms with Crippen molar-refractivity contribution in [3.63, 3.8) is 0 Å². The van der Waals surface area contributed by atoms with Crippen LogP contribution in [0.5, 0.6) is 0 Å². The van der Waals surface area contributed by atoms with E-state index in [1.54, 1.807) is 6.26 Å². The predicted molar refractivity (Wildman–Crippen MR) is 62.7 cm³/mol. The maximum atomic E-state index is 11.8. The van der Waals surface area contributed by atoms with Crippen LogP contribution >= 0.6 is 0 Å². The molecular weight excluding hydrogens is 204 g/mol. The van der Waals surface area contributed by atoms with Crippen molar-refractivity contribution >= 4 is 5.91 Å². The third kappa shape index (κ3) is 3.38. The number of amides is 1. The minimum absolute atomic E-state index is 0.00764. The number of carbonyl (C=O) groups is 1. The Kier molecular flexibility index (Phi) is 5.05. The molecule has 16 heavy (non-hydrogen) atoms. The highest BCUT2D eigenvalue weighted by Crippen LogP contribution is 2.14. The molecule has 4 nitrogen and oxygen atoms in total. The molecule has 0 aliphatic rings. The van der Waals surface area contributed by atoms with Crippen molar-refractivity contribution in [3.05, 3.63) is 24.2 Å². The van der Waals surface area contributed by atoms with Crippen molar-refractivity contribution in [2.24, 2.45) is 11.7 Å². The van der Waals surface area contributed by atoms with E-state index < -0.39 is 0 Å². The van der Waals surface area contributed by atoms with Crippen molar-refractivity contribution < 1.29 is 9.21 Å². The first-order chi connectivity index (χ1) is 7.69. The Labute approximate surface area is 96.2 Å². The molecule has 0 aliphatic heterocycles. The van der Waals surface area contributed by atoms with Crippen LogP contribution in [0.1, 0.15) is 38.5 Å². The molecule has 1 aromatic heterocycles. The average Bonchev–Trinajstić information content (AvgIpc) is 2.78. The number of furan rings is 1. The van der Waals surface area contributed by atoms with Crippen molar-refractivity contribution in [1.29, 1.82) is 0 Å². The molecule has 0 bridgehead atoms. The normalized spacial score (nSPS) is 14.4. The highest BCUT2D eigenvalue weighted by Gasteiger charge is 2.19. The summed E-state index contributed by atoms with van der Waals surface area (Å²) in [5.41, 5.74) is 5.57. The molecule has 1 amide bonds. The van der Waals surface area contributed by atoms with Crippen LogP contribution in [0.4, 0.5) is 0 Å². The van der Waals surface area contributed by atoms with Crippen LogP contribution in [0.2, 0.25) is 0 Å². The maximum absolute atomic E-state index is 11.8. The second-order valence-electron chi connectivity index (χ2n) is 3.97. The minimum Gasteiger partial charge on any atom is -0.467 e. The topological polar surface area (TPSA) is 68.3 Å². The zero-order chi connectivity index (χ0) is 12.0. The Balaban J connectivity index is 2.50. The third-order valence-electron chi connectivity index (χ3n) is 2.62. The molecule has 0 aromatic carbocycles. The minimum atomic E-state index is -0.103. The summed E-state index contributed by atoms with van der Waals surface area (Å²) in [5.74, 6) is 0.677. The van der Waals surface area contributed by atoms with Gasteiger partial charge < -0.3 is 15.5 Å². The summed E-state index contributed by atoms with van der Waals surface area (Å²) in [6.07, 6.45) is 3.39. The number of carbonyl (C=O) groups excluding carboxylic acids is 1. The molecular formula is C12H20N2O2. The summed E-state index contributed by atoms with van der Waals surface area (Å²) in [7, 11) is 0. The second-order valence-corrected chi connectivity index (χ2v) is 3.97. The summed E-state index contributed by atoms with van der Waals surface area (Å²) in [6, 6.07) is 3.56. The summed E-state index contributed by atoms with van der Waals surface area (Å²) in [5, 5.41) is 2.91. The van der Waals surface area contributed by atoms with Crippen LogP contribution < -0.4 is 11.1 Å². The molecule has 0 spiro atoms. The van der Waals surface area contributed by atoms with E-state index in [1.807, 2.05) is 26.0 Å². The number of nitrogens with two attached hydrogens (primary N) is 1. The third-order valence-corrected chi connectivity index (χ3v) is 2.62. The monoisotopic (exact) mass is 224 g/mol. The summed E-state index contributed by atoms with van der Waals surface area (Å²) >= 11 is 0. The van der Waals surface area contributed by atoms with E-state index >= 15 is 0 Å². The van der Waals surface area contributed by atoms with Gasteiger partial charge in [0.05, 0.1) is 18.2 Å². The first kappa shape index (κ1) is 12.8. The molecule has 1 rings (SSSR count). The van der Waals surface area contributed by atoms with Crippen LogP contribution in [0, 0.1) is 5.92 Å². The van der Waals surface area contributed by atoms with Crippen LogP contribution in [-0.4, -0.2) is 12.5 Å². The Morgan fingerprint density at radius 1 is 1.62 bits per heavy atom. The van der Waals surface area contributed by atoms with E-state index in [-0.39, 0.29) is 17.9 Å². The van der Waals surface area contributed by atoms with Gasteiger partial charge in [-0.25, -0.2) is 0 Å². The van der Waals surface area contributed by atoms with Crippen LogP contribution in [0.25, 0.3) is 0 Å². The standard InChI is InChI=1S/C12H20N2O2/c1-3-5-10(8-13)12(15)14-9(2)11-6-4-7-16-11/h4,6-7,9-10H,3,5,8,13H2,1-2H3,(H,14,15)/t9-,10?/m0/s1. The Morgan fingerprint density at radius 2 is 2.38 bits per heavy atom. The number of hydrogen-bond donors (Lipinski definition) is 2. The van der Waals surface area contributed by atoms with Gasteiger partial charge in [0.1, 0.15) is 5.76 Å². The van der Waals surface area contributed by atoms with Crippen LogP contribution in [0.3, 0.4) is 0 Å². The van der Waals surface area contributed by atoms with Crippen LogP contribution in [0.15, 0.2) is 22.8 Å². The van der Waals surface area contributed by atoms with Gasteiger partial charge in [0.2, 0.25) is 5.91 Å². The molecule has 1 aromatic rings. The lowest BCUT2D eigenvalue weighted by atomic mass is 10.0. The maximum Gasteiger partial charge on any atom is 0.224 e. The highest BCUT2D eigenvalue weighted by atomic mass is 16.3. The van der Waals surface area contributed by atoms with E-state index in [2.05, 4.69) is 5.32 Å². The first-order valence-corrected chi connectivity index (χ1v) is 5.72. The largest absolute Gasteiger partial charge is 0.467 e. The van der Waals surface area contributed by atoms with Gasteiger partial charge in [-0.2, -0.15) is 0 Å². The number of hydrogen-bond acceptors (Lipinski definition) is 3. The summed E-state index contributed by atoms with van der Waals surface area (Å²) in [6.45, 7) is 4.34. The van der Waals surface area contributed by atoms with Gasteiger partial charge in [0.15, 0.2) is 0 Å². The Bertz CT molecular complexity index is 309. The van der Waals surface area contributed by atoms with Gasteiger partial charge in [-0.15, -0.1) is 0 Å². The van der Waals surface area contributed by atoms with Crippen molar-refractivity contribution in [1.82, 2.24) is 5.32 Å². The van der Waals surface area contributed by atoms with Gasteiger partial charge in [-0.1, -0.05) is 13.3 Å². The molecule has 90 valence electrons. The molecule has 3 N–H and O–H groups in total. The SMILES string of the molecule is CCCC(CN)C(=O)N[C@@H](C)c1ccco1. The molecule has 1 heterocycles. The van der Waals surface area contributed by atoms with E-state index in [4.69, 9.17) is 10.2 Å². The van der Waals surface area contributed by atoms with Gasteiger partial charge >= 0.3 is 0 Å². The lowest BCUT2D eigenvalue weighted by molar-refractivity contribution is -0.125. The quantitative estimate of drug-likeness (QED) is 0.774. The predicted octanol–water partition coefficient (Wildman–Crippen LogP) is 1.83. The molecule has 4 heteroatoms. The summed E-state index contributed by atoms with van der Waals surface area (Å²) < 4.78 is 5.22. The van der Waals surface area contributed by atoms with E-state index in [0.29, 0.717) is 6.54 Å².